The van der Waals surface area contributed by atoms with E-state index in [9.17, 15) is 4.79 Å². The number of hydrogen-bond donors (Lipinski definition) is 1. The number of nitrogens with zero attached hydrogens (tertiary/aromatic N) is 1. The van der Waals surface area contributed by atoms with Gasteiger partial charge in [0.25, 0.3) is 5.91 Å². The number of aryl methyl sites for hydroxylation is 2. The standard InChI is InChI=1S/C26H25ClN2O6/c1-14-8-18(9-15(2)24(14)27)34-13-23(30)28-17-6-7-20-19(12-17)29-26(35-20)16-10-21(31-3)25(33-5)22(11-16)32-4/h6-12H,13H2,1-5H3,(H,28,30). The summed E-state index contributed by atoms with van der Waals surface area (Å²) in [6, 6.07) is 12.3. The minimum Gasteiger partial charge on any atom is -0.493 e. The maximum Gasteiger partial charge on any atom is 0.262 e. The fourth-order valence-corrected chi connectivity index (χ4v) is 3.78. The summed E-state index contributed by atoms with van der Waals surface area (Å²) in [7, 11) is 4.63. The number of anilines is 1. The van der Waals surface area contributed by atoms with Gasteiger partial charge >= 0.3 is 0 Å². The lowest BCUT2D eigenvalue weighted by Gasteiger charge is -2.12. The molecule has 182 valence electrons. The fourth-order valence-electron chi connectivity index (χ4n) is 3.67. The van der Waals surface area contributed by atoms with E-state index in [0.717, 1.165) is 11.1 Å². The molecule has 0 fully saturated rings. The van der Waals surface area contributed by atoms with Gasteiger partial charge in [0.15, 0.2) is 23.7 Å². The van der Waals surface area contributed by atoms with Crippen LogP contribution in [-0.4, -0.2) is 38.8 Å². The molecule has 0 radical (unpaired) electrons. The molecule has 0 unspecified atom stereocenters. The van der Waals surface area contributed by atoms with Crippen molar-refractivity contribution in [1.29, 1.82) is 0 Å². The zero-order valence-corrected chi connectivity index (χ0v) is 20.8. The number of ether oxygens (including phenoxy) is 4. The van der Waals surface area contributed by atoms with Gasteiger partial charge in [0, 0.05) is 16.3 Å². The average molecular weight is 497 g/mol. The lowest BCUT2D eigenvalue weighted by atomic mass is 10.1. The molecule has 0 aliphatic rings. The smallest absolute Gasteiger partial charge is 0.262 e. The molecular formula is C26H25ClN2O6. The van der Waals surface area contributed by atoms with Gasteiger partial charge in [-0.2, -0.15) is 0 Å². The Bertz CT molecular complexity index is 1350. The van der Waals surface area contributed by atoms with E-state index >= 15 is 0 Å². The van der Waals surface area contributed by atoms with Crippen molar-refractivity contribution >= 4 is 34.3 Å². The summed E-state index contributed by atoms with van der Waals surface area (Å²) < 4.78 is 27.7. The van der Waals surface area contributed by atoms with Crippen LogP contribution >= 0.6 is 11.6 Å². The van der Waals surface area contributed by atoms with Gasteiger partial charge in [-0.15, -0.1) is 0 Å². The molecule has 0 saturated heterocycles. The molecule has 0 aliphatic carbocycles. The second kappa shape index (κ2) is 10.1. The SMILES string of the molecule is COc1cc(-c2nc3cc(NC(=O)COc4cc(C)c(Cl)c(C)c4)ccc3o2)cc(OC)c1OC. The van der Waals surface area contributed by atoms with Crippen molar-refractivity contribution in [3.63, 3.8) is 0 Å². The lowest BCUT2D eigenvalue weighted by Crippen LogP contribution is -2.20. The molecule has 0 bridgehead atoms. The number of fused-ring (bicyclic) bond motifs is 1. The number of nitrogens with one attached hydrogen (secondary N) is 1. The third kappa shape index (κ3) is 5.12. The highest BCUT2D eigenvalue weighted by Crippen LogP contribution is 2.41. The molecular weight excluding hydrogens is 472 g/mol. The molecule has 4 rings (SSSR count). The Labute approximate surface area is 207 Å². The predicted octanol–water partition coefficient (Wildman–Crippen LogP) is 5.81. The molecule has 8 nitrogen and oxygen atoms in total. The van der Waals surface area contributed by atoms with E-state index in [-0.39, 0.29) is 12.5 Å². The predicted molar refractivity (Wildman–Crippen MR) is 134 cm³/mol. The number of halogens is 1. The number of carbonyl (C=O) groups excluding carboxylic acids is 1. The normalized spacial score (nSPS) is 10.8. The van der Waals surface area contributed by atoms with Crippen LogP contribution in [0.1, 0.15) is 11.1 Å². The molecule has 35 heavy (non-hydrogen) atoms. The van der Waals surface area contributed by atoms with Gasteiger partial charge in [-0.1, -0.05) is 11.6 Å². The Morgan fingerprint density at radius 1 is 0.971 bits per heavy atom. The van der Waals surface area contributed by atoms with Crippen LogP contribution in [-0.2, 0) is 4.79 Å². The second-order valence-corrected chi connectivity index (χ2v) is 8.20. The van der Waals surface area contributed by atoms with Crippen LogP contribution in [0.5, 0.6) is 23.0 Å². The van der Waals surface area contributed by atoms with Gasteiger partial charge in [-0.25, -0.2) is 4.98 Å². The van der Waals surface area contributed by atoms with E-state index in [2.05, 4.69) is 10.3 Å². The van der Waals surface area contributed by atoms with E-state index in [1.807, 2.05) is 13.8 Å². The first-order chi connectivity index (χ1) is 16.8. The first kappa shape index (κ1) is 24.2. The number of hydrogen-bond acceptors (Lipinski definition) is 7. The largest absolute Gasteiger partial charge is 0.493 e. The lowest BCUT2D eigenvalue weighted by molar-refractivity contribution is -0.118. The highest BCUT2D eigenvalue weighted by Gasteiger charge is 2.18. The van der Waals surface area contributed by atoms with Crippen LogP contribution in [0.25, 0.3) is 22.6 Å². The summed E-state index contributed by atoms with van der Waals surface area (Å²) in [5.41, 5.74) is 4.15. The van der Waals surface area contributed by atoms with E-state index in [4.69, 9.17) is 35.0 Å². The molecule has 1 aromatic heterocycles. The van der Waals surface area contributed by atoms with Gasteiger partial charge in [0.05, 0.1) is 21.3 Å². The van der Waals surface area contributed by atoms with Crippen LogP contribution < -0.4 is 24.3 Å². The summed E-state index contributed by atoms with van der Waals surface area (Å²) in [4.78, 5) is 17.0. The van der Waals surface area contributed by atoms with Crippen molar-refractivity contribution in [2.24, 2.45) is 0 Å². The number of amides is 1. The maximum absolute atomic E-state index is 12.4. The highest BCUT2D eigenvalue weighted by atomic mass is 35.5. The van der Waals surface area contributed by atoms with Crippen LogP contribution in [0.2, 0.25) is 5.02 Å². The van der Waals surface area contributed by atoms with Crippen molar-refractivity contribution in [2.45, 2.75) is 13.8 Å². The number of benzene rings is 3. The van der Waals surface area contributed by atoms with Gasteiger partial charge in [0.2, 0.25) is 11.6 Å². The summed E-state index contributed by atoms with van der Waals surface area (Å²) in [6.07, 6.45) is 0. The Balaban J connectivity index is 1.51. The molecule has 0 atom stereocenters. The molecule has 3 aromatic carbocycles. The molecule has 4 aromatic rings. The Morgan fingerprint density at radius 3 is 2.23 bits per heavy atom. The highest BCUT2D eigenvalue weighted by molar-refractivity contribution is 6.32. The monoisotopic (exact) mass is 496 g/mol. The zero-order valence-electron chi connectivity index (χ0n) is 20.0. The number of aromatic nitrogens is 1. The van der Waals surface area contributed by atoms with Gasteiger partial charge in [-0.05, 0) is 67.4 Å². The van der Waals surface area contributed by atoms with Crippen LogP contribution in [0.15, 0.2) is 46.9 Å². The summed E-state index contributed by atoms with van der Waals surface area (Å²) in [5, 5.41) is 3.51. The van der Waals surface area contributed by atoms with Crippen molar-refractivity contribution < 1.29 is 28.2 Å². The van der Waals surface area contributed by atoms with E-state index in [1.54, 1.807) is 56.7 Å². The van der Waals surface area contributed by atoms with Crippen molar-refractivity contribution in [2.75, 3.05) is 33.3 Å². The van der Waals surface area contributed by atoms with Gasteiger partial charge < -0.3 is 28.7 Å². The number of rotatable bonds is 8. The topological polar surface area (TPSA) is 92.1 Å². The van der Waals surface area contributed by atoms with Crippen molar-refractivity contribution in [3.8, 4) is 34.5 Å². The Kier molecular flexibility index (Phi) is 7.02. The molecule has 1 N–H and O–H groups in total. The molecule has 0 saturated carbocycles. The first-order valence-electron chi connectivity index (χ1n) is 10.7. The Hall–Kier alpha value is -3.91. The van der Waals surface area contributed by atoms with Crippen molar-refractivity contribution in [1.82, 2.24) is 4.98 Å². The summed E-state index contributed by atoms with van der Waals surface area (Å²) >= 11 is 6.19. The quantitative estimate of drug-likeness (QED) is 0.329. The fraction of sp³-hybridized carbons (Fsp3) is 0.231. The average Bonchev–Trinajstić information content (AvgIpc) is 3.28. The van der Waals surface area contributed by atoms with Crippen LogP contribution in [0.3, 0.4) is 0 Å². The Morgan fingerprint density at radius 2 is 1.63 bits per heavy atom. The molecule has 1 heterocycles. The van der Waals surface area contributed by atoms with Gasteiger partial charge in [-0.3, -0.25) is 4.79 Å². The first-order valence-corrected chi connectivity index (χ1v) is 11.1. The summed E-state index contributed by atoms with van der Waals surface area (Å²) in [5.74, 6) is 2.11. The third-order valence-corrected chi connectivity index (χ3v) is 5.96. The van der Waals surface area contributed by atoms with E-state index < -0.39 is 0 Å². The maximum atomic E-state index is 12.4. The summed E-state index contributed by atoms with van der Waals surface area (Å²) in [6.45, 7) is 3.64. The van der Waals surface area contributed by atoms with Crippen molar-refractivity contribution in [3.05, 3.63) is 58.6 Å². The van der Waals surface area contributed by atoms with E-state index in [1.165, 1.54) is 7.11 Å². The minimum absolute atomic E-state index is 0.145. The second-order valence-electron chi connectivity index (χ2n) is 7.82. The number of oxazole rings is 1. The number of methoxy groups -OCH3 is 3. The molecule has 0 spiro atoms. The number of carbonyl (C=O) groups is 1. The third-order valence-electron chi connectivity index (χ3n) is 5.36. The van der Waals surface area contributed by atoms with Crippen LogP contribution in [0.4, 0.5) is 5.69 Å². The molecule has 1 amide bonds. The van der Waals surface area contributed by atoms with Gasteiger partial charge in [0.1, 0.15) is 11.3 Å². The minimum atomic E-state index is -0.303. The molecule has 0 aliphatic heterocycles. The van der Waals surface area contributed by atoms with E-state index in [0.29, 0.717) is 56.3 Å². The van der Waals surface area contributed by atoms with Crippen LogP contribution in [0, 0.1) is 13.8 Å². The zero-order chi connectivity index (χ0) is 25.1. The molecule has 9 heteroatoms.